The van der Waals surface area contributed by atoms with Crippen LogP contribution in [-0.4, -0.2) is 9.13 Å². The number of hydrogen-bond donors (Lipinski definition) is 0. The molecule has 0 fully saturated rings. The van der Waals surface area contributed by atoms with Gasteiger partial charge < -0.3 is 9.13 Å². The Morgan fingerprint density at radius 3 is 2.45 bits per heavy atom. The number of para-hydroxylation sites is 1. The number of nitrogens with zero attached hydrogens (tertiary/aromatic N) is 2. The fraction of sp³-hybridized carbons (Fsp3) is 0.100. The van der Waals surface area contributed by atoms with Gasteiger partial charge in [-0.25, -0.2) is 0 Å². The van der Waals surface area contributed by atoms with E-state index in [1.165, 1.54) is 66.0 Å². The lowest BCUT2D eigenvalue weighted by Gasteiger charge is -2.29. The third kappa shape index (κ3) is 3.45. The molecule has 1 atom stereocenters. The van der Waals surface area contributed by atoms with Crippen LogP contribution in [0.3, 0.4) is 0 Å². The predicted octanol–water partition coefficient (Wildman–Crippen LogP) is 10.6. The minimum Gasteiger partial charge on any atom is -0.316 e. The van der Waals surface area contributed by atoms with E-state index >= 15 is 0 Å². The van der Waals surface area contributed by atoms with Gasteiger partial charge in [-0.15, -0.1) is 0 Å². The zero-order valence-corrected chi connectivity index (χ0v) is 23.4. The van der Waals surface area contributed by atoms with Crippen LogP contribution in [0.5, 0.6) is 0 Å². The summed E-state index contributed by atoms with van der Waals surface area (Å²) in [7, 11) is 0. The van der Waals surface area contributed by atoms with E-state index in [4.69, 9.17) is 0 Å². The highest BCUT2D eigenvalue weighted by molar-refractivity contribution is 6.29. The van der Waals surface area contributed by atoms with Gasteiger partial charge in [-0.05, 0) is 83.6 Å². The van der Waals surface area contributed by atoms with Crippen molar-refractivity contribution in [1.29, 1.82) is 0 Å². The lowest BCUT2D eigenvalue weighted by atomic mass is 9.75. The molecular weight excluding hydrogens is 508 g/mol. The van der Waals surface area contributed by atoms with Crippen LogP contribution in [-0.2, 0) is 0 Å². The number of benzene rings is 5. The average molecular weight is 539 g/mol. The molecule has 2 heterocycles. The second kappa shape index (κ2) is 8.96. The van der Waals surface area contributed by atoms with Gasteiger partial charge in [-0.3, -0.25) is 0 Å². The Kier molecular flexibility index (Phi) is 5.04. The third-order valence-corrected chi connectivity index (χ3v) is 9.41. The number of aromatic nitrogens is 2. The van der Waals surface area contributed by atoms with Crippen molar-refractivity contribution in [3.05, 3.63) is 151 Å². The van der Waals surface area contributed by atoms with E-state index in [0.717, 1.165) is 19.3 Å². The van der Waals surface area contributed by atoms with Gasteiger partial charge in [0.2, 0.25) is 0 Å². The summed E-state index contributed by atoms with van der Waals surface area (Å²) < 4.78 is 4.80. The van der Waals surface area contributed by atoms with E-state index in [1.54, 1.807) is 0 Å². The van der Waals surface area contributed by atoms with Gasteiger partial charge in [0.1, 0.15) is 0 Å². The molecule has 2 nitrogen and oxygen atoms in total. The molecule has 0 amide bonds. The van der Waals surface area contributed by atoms with Gasteiger partial charge in [-0.2, -0.15) is 0 Å². The van der Waals surface area contributed by atoms with E-state index in [1.807, 2.05) is 0 Å². The van der Waals surface area contributed by atoms with Crippen LogP contribution in [0.4, 0.5) is 0 Å². The molecule has 0 bridgehead atoms. The van der Waals surface area contributed by atoms with Crippen LogP contribution in [0, 0.1) is 5.41 Å². The fourth-order valence-corrected chi connectivity index (χ4v) is 7.40. The minimum absolute atomic E-state index is 0.117. The molecule has 5 aromatic carbocycles. The first-order chi connectivity index (χ1) is 20.8. The molecule has 0 saturated carbocycles. The monoisotopic (exact) mass is 538 g/mol. The summed E-state index contributed by atoms with van der Waals surface area (Å²) in [5.41, 5.74) is 8.84. The zero-order chi connectivity index (χ0) is 27.7. The summed E-state index contributed by atoms with van der Waals surface area (Å²) >= 11 is 0. The summed E-state index contributed by atoms with van der Waals surface area (Å²) in [4.78, 5) is 0. The summed E-state index contributed by atoms with van der Waals surface area (Å²) in [6.45, 7) is 0. The Bertz CT molecular complexity index is 2250. The third-order valence-electron chi connectivity index (χ3n) is 9.41. The van der Waals surface area contributed by atoms with Crippen molar-refractivity contribution in [3.8, 4) is 11.4 Å². The lowest BCUT2D eigenvalue weighted by Crippen LogP contribution is -2.16. The maximum atomic E-state index is 2.49. The highest BCUT2D eigenvalue weighted by Gasteiger charge is 2.26. The van der Waals surface area contributed by atoms with Crippen LogP contribution in [0.15, 0.2) is 146 Å². The minimum atomic E-state index is 0.117. The molecule has 1 spiro atoms. The van der Waals surface area contributed by atoms with Gasteiger partial charge in [0.15, 0.2) is 0 Å². The topological polar surface area (TPSA) is 9.86 Å². The van der Waals surface area contributed by atoms with Gasteiger partial charge >= 0.3 is 0 Å². The van der Waals surface area contributed by atoms with Crippen molar-refractivity contribution in [3.63, 3.8) is 0 Å². The first-order valence-corrected chi connectivity index (χ1v) is 15.0. The summed E-state index contributed by atoms with van der Waals surface area (Å²) in [6.07, 6.45) is 21.8. The molecule has 0 radical (unpaired) electrons. The fourth-order valence-electron chi connectivity index (χ4n) is 7.40. The molecule has 2 aliphatic carbocycles. The lowest BCUT2D eigenvalue weighted by molar-refractivity contribution is 0.461. The van der Waals surface area contributed by atoms with Gasteiger partial charge in [0.05, 0.1) is 16.6 Å². The molecule has 1 unspecified atom stereocenters. The summed E-state index contributed by atoms with van der Waals surface area (Å²) in [5, 5.41) is 6.53. The molecule has 7 aromatic rings. The predicted molar refractivity (Wildman–Crippen MR) is 178 cm³/mol. The molecule has 0 saturated heterocycles. The van der Waals surface area contributed by atoms with Crippen LogP contribution >= 0.6 is 0 Å². The van der Waals surface area contributed by atoms with Gasteiger partial charge in [-0.1, -0.05) is 97.1 Å². The van der Waals surface area contributed by atoms with Crippen molar-refractivity contribution < 1.29 is 0 Å². The largest absolute Gasteiger partial charge is 0.316 e. The molecule has 2 heteroatoms. The van der Waals surface area contributed by atoms with Gasteiger partial charge in [0.25, 0.3) is 0 Å². The van der Waals surface area contributed by atoms with Gasteiger partial charge in [0, 0.05) is 39.1 Å². The maximum Gasteiger partial charge on any atom is 0.0641 e. The van der Waals surface area contributed by atoms with Crippen molar-refractivity contribution in [2.24, 2.45) is 5.41 Å². The quantitative estimate of drug-likeness (QED) is 0.198. The molecule has 42 heavy (non-hydrogen) atoms. The molecule has 2 aliphatic rings. The second-order valence-electron chi connectivity index (χ2n) is 11.9. The van der Waals surface area contributed by atoms with Crippen molar-refractivity contribution in [1.82, 2.24) is 9.13 Å². The Balaban J connectivity index is 1.25. The Labute approximate surface area is 245 Å². The summed E-state index contributed by atoms with van der Waals surface area (Å²) in [6, 6.07) is 35.8. The number of hydrogen-bond acceptors (Lipinski definition) is 0. The molecule has 9 rings (SSSR count). The zero-order valence-electron chi connectivity index (χ0n) is 23.4. The molecule has 0 aliphatic heterocycles. The van der Waals surface area contributed by atoms with Crippen molar-refractivity contribution >= 4 is 49.1 Å². The van der Waals surface area contributed by atoms with E-state index < -0.39 is 0 Å². The Hall–Kier alpha value is -5.08. The number of rotatable bonds is 3. The standard InChI is InChI=1S/C40H30N2/c1-2-7-23-40(22-6-1)24-9-11-31(27-40)28-17-19-33(20-18-28)42-35-14-8-10-29-15-16-30-26-36-34(39(42)38(30)37(29)35)21-25-41(36)32-12-4-3-5-13-32/h1-6,8-22,25-27H,7,23-24H2. The van der Waals surface area contributed by atoms with Crippen LogP contribution in [0.2, 0.25) is 0 Å². The average Bonchev–Trinajstić information content (AvgIpc) is 3.54. The van der Waals surface area contributed by atoms with Crippen LogP contribution in [0.1, 0.15) is 24.8 Å². The first-order valence-electron chi connectivity index (χ1n) is 15.0. The smallest absolute Gasteiger partial charge is 0.0641 e. The highest BCUT2D eigenvalue weighted by atomic mass is 15.0. The maximum absolute atomic E-state index is 2.49. The highest BCUT2D eigenvalue weighted by Crippen LogP contribution is 2.44. The number of allylic oxidation sites excluding steroid dienone is 8. The molecule has 0 N–H and O–H groups in total. The van der Waals surface area contributed by atoms with E-state index in [-0.39, 0.29) is 5.41 Å². The SMILES string of the molecule is C1=CCCC2(C=C1)C=C(c1ccc(-n3c4cccc5ccc6cc7c(ccn7-c7ccccc7)c3c6c54)cc1)C=CC2. The van der Waals surface area contributed by atoms with Crippen LogP contribution < -0.4 is 0 Å². The summed E-state index contributed by atoms with van der Waals surface area (Å²) in [5.74, 6) is 0. The second-order valence-corrected chi connectivity index (χ2v) is 11.9. The normalized spacial score (nSPS) is 18.6. The van der Waals surface area contributed by atoms with Crippen LogP contribution in [0.25, 0.3) is 60.4 Å². The first kappa shape index (κ1) is 23.6. The van der Waals surface area contributed by atoms with E-state index in [0.29, 0.717) is 0 Å². The Morgan fingerprint density at radius 1 is 0.667 bits per heavy atom. The van der Waals surface area contributed by atoms with E-state index in [2.05, 4.69) is 155 Å². The van der Waals surface area contributed by atoms with Crippen molar-refractivity contribution in [2.75, 3.05) is 0 Å². The van der Waals surface area contributed by atoms with E-state index in [9.17, 15) is 0 Å². The van der Waals surface area contributed by atoms with Crippen molar-refractivity contribution in [2.45, 2.75) is 19.3 Å². The molecule has 200 valence electrons. The molecular formula is C40H30N2. The number of fused-ring (bicyclic) bond motifs is 2. The molecule has 2 aromatic heterocycles. The Morgan fingerprint density at radius 2 is 1.55 bits per heavy atom.